The third-order valence-electron chi connectivity index (χ3n) is 7.19. The summed E-state index contributed by atoms with van der Waals surface area (Å²) in [5.41, 5.74) is 0.996. The second-order valence-corrected chi connectivity index (χ2v) is 13.2. The lowest BCUT2D eigenvalue weighted by Gasteiger charge is -2.36. The quantitative estimate of drug-likeness (QED) is 0.281. The van der Waals surface area contributed by atoms with Crippen LogP contribution in [0.4, 0.5) is 19.8 Å². The zero-order valence-corrected chi connectivity index (χ0v) is 26.8. The van der Waals surface area contributed by atoms with Gasteiger partial charge in [0.15, 0.2) is 23.0 Å². The molecule has 0 atom stereocenters. The van der Waals surface area contributed by atoms with Crippen LogP contribution in [0.2, 0.25) is 0 Å². The molecule has 5 heterocycles. The highest BCUT2D eigenvalue weighted by molar-refractivity contribution is 6.01. The van der Waals surface area contributed by atoms with Crippen LogP contribution < -0.4 is 9.64 Å². The van der Waals surface area contributed by atoms with E-state index in [0.29, 0.717) is 54.4 Å². The van der Waals surface area contributed by atoms with Crippen molar-refractivity contribution in [1.82, 2.24) is 29.0 Å². The highest BCUT2D eigenvalue weighted by Crippen LogP contribution is 2.42. The number of ether oxygens (including phenoxy) is 3. The van der Waals surface area contributed by atoms with Crippen molar-refractivity contribution < 1.29 is 28.2 Å². The van der Waals surface area contributed by atoms with Crippen LogP contribution >= 0.6 is 0 Å². The van der Waals surface area contributed by atoms with Crippen LogP contribution in [-0.4, -0.2) is 85.7 Å². The van der Waals surface area contributed by atoms with E-state index >= 15 is 4.39 Å². The molecule has 0 aliphatic carbocycles. The lowest BCUT2D eigenvalue weighted by molar-refractivity contribution is 0.0240. The predicted molar refractivity (Wildman–Crippen MR) is 164 cm³/mol. The summed E-state index contributed by atoms with van der Waals surface area (Å²) in [5, 5.41) is 4.55. The van der Waals surface area contributed by atoms with E-state index in [1.807, 2.05) is 39.5 Å². The second-order valence-electron chi connectivity index (χ2n) is 13.2. The largest absolute Gasteiger partial charge is 0.493 e. The number of anilines is 1. The van der Waals surface area contributed by atoms with E-state index in [0.717, 1.165) is 0 Å². The van der Waals surface area contributed by atoms with Gasteiger partial charge in [0.25, 0.3) is 0 Å². The van der Waals surface area contributed by atoms with Gasteiger partial charge in [0, 0.05) is 43.3 Å². The number of piperazine rings is 1. The topological polar surface area (TPSA) is 116 Å². The molecule has 13 heteroatoms. The van der Waals surface area contributed by atoms with E-state index < -0.39 is 29.2 Å². The number of hydrogen-bond donors (Lipinski definition) is 0. The molecule has 1 aliphatic heterocycles. The van der Waals surface area contributed by atoms with Crippen LogP contribution in [0.3, 0.4) is 0 Å². The average molecular weight is 610 g/mol. The molecular weight excluding hydrogens is 569 g/mol. The van der Waals surface area contributed by atoms with Gasteiger partial charge in [-0.15, -0.1) is 0 Å². The molecule has 4 aromatic rings. The minimum atomic E-state index is -0.809. The third kappa shape index (κ3) is 5.87. The molecule has 0 aromatic carbocycles. The van der Waals surface area contributed by atoms with Gasteiger partial charge in [-0.05, 0) is 59.1 Å². The van der Waals surface area contributed by atoms with Crippen molar-refractivity contribution in [3.8, 4) is 17.0 Å². The van der Waals surface area contributed by atoms with Gasteiger partial charge in [-0.2, -0.15) is 5.10 Å². The fourth-order valence-corrected chi connectivity index (χ4v) is 5.42. The molecule has 0 saturated carbocycles. The third-order valence-corrected chi connectivity index (χ3v) is 7.19. The summed E-state index contributed by atoms with van der Waals surface area (Å²) in [6.07, 6.45) is 3.59. The van der Waals surface area contributed by atoms with Gasteiger partial charge in [-0.25, -0.2) is 33.0 Å². The number of aromatic nitrogens is 5. The first-order valence-electron chi connectivity index (χ1n) is 14.7. The summed E-state index contributed by atoms with van der Waals surface area (Å²) < 4.78 is 36.6. The number of fused-ring (bicyclic) bond motifs is 2. The maximum atomic E-state index is 16.8. The van der Waals surface area contributed by atoms with Gasteiger partial charge < -0.3 is 24.0 Å². The molecule has 236 valence electrons. The van der Waals surface area contributed by atoms with Crippen LogP contribution in [0.15, 0.2) is 24.8 Å². The van der Waals surface area contributed by atoms with Gasteiger partial charge in [0.2, 0.25) is 0 Å². The summed E-state index contributed by atoms with van der Waals surface area (Å²) in [6, 6.07) is 1.76. The zero-order chi connectivity index (χ0) is 32.1. The fourth-order valence-electron chi connectivity index (χ4n) is 5.42. The number of carbonyl (C=O) groups excluding carboxylic acids is 2. The summed E-state index contributed by atoms with van der Waals surface area (Å²) in [7, 11) is 1.53. The summed E-state index contributed by atoms with van der Waals surface area (Å²) in [6.45, 7) is 16.1. The number of amides is 1. The van der Waals surface area contributed by atoms with Crippen LogP contribution in [0.25, 0.3) is 27.8 Å². The molecule has 0 unspecified atom stereocenters. The summed E-state index contributed by atoms with van der Waals surface area (Å²) in [4.78, 5) is 38.6. The van der Waals surface area contributed by atoms with Crippen molar-refractivity contribution in [3.05, 3.63) is 36.2 Å². The maximum absolute atomic E-state index is 16.8. The molecular formula is C31H40FN7O5. The highest BCUT2D eigenvalue weighted by atomic mass is 19.1. The molecule has 1 amide bonds. The fraction of sp³-hybridized carbons (Fsp3) is 0.516. The second kappa shape index (κ2) is 11.3. The predicted octanol–water partition coefficient (Wildman–Crippen LogP) is 5.86. The van der Waals surface area contributed by atoms with Gasteiger partial charge in [-0.3, -0.25) is 0 Å². The zero-order valence-electron chi connectivity index (χ0n) is 26.8. The molecule has 0 spiro atoms. The Labute approximate surface area is 255 Å². The SMILES string of the molecule is COc1cc(-c2c(C(C)C)c3c(F)c(N4CCN(C(=O)OC(C)(C)C)CC4)ncc3n2C(=O)OC(C)(C)C)cn2ncnc12. The van der Waals surface area contributed by atoms with E-state index in [4.69, 9.17) is 14.2 Å². The highest BCUT2D eigenvalue weighted by Gasteiger charge is 2.33. The molecule has 0 N–H and O–H groups in total. The molecule has 5 rings (SSSR count). The summed E-state index contributed by atoms with van der Waals surface area (Å²) >= 11 is 0. The number of methoxy groups -OCH3 is 1. The Bertz CT molecular complexity index is 1720. The first-order valence-corrected chi connectivity index (χ1v) is 14.7. The molecule has 1 aliphatic rings. The monoisotopic (exact) mass is 609 g/mol. The molecule has 12 nitrogen and oxygen atoms in total. The van der Waals surface area contributed by atoms with Crippen molar-refractivity contribution in [2.75, 3.05) is 38.2 Å². The number of pyridine rings is 2. The Hall–Kier alpha value is -4.42. The molecule has 0 radical (unpaired) electrons. The van der Waals surface area contributed by atoms with Crippen molar-refractivity contribution in [3.63, 3.8) is 0 Å². The van der Waals surface area contributed by atoms with Crippen LogP contribution in [0.1, 0.15) is 66.9 Å². The standard InChI is InChI=1S/C31H40FN7O5/c1-18(2)22-23-20(15-33-27(24(23)32)36-10-12-37(13-11-36)28(40)43-30(3,4)5)39(29(41)44-31(6,7)8)25(22)19-14-21(42-9)26-34-17-35-38(26)16-19/h14-18H,10-13H2,1-9H3. The Morgan fingerprint density at radius 2 is 1.59 bits per heavy atom. The Kier molecular flexibility index (Phi) is 7.93. The lowest BCUT2D eigenvalue weighted by atomic mass is 9.96. The Morgan fingerprint density at radius 1 is 0.955 bits per heavy atom. The van der Waals surface area contributed by atoms with Crippen molar-refractivity contribution in [2.24, 2.45) is 0 Å². The Balaban J connectivity index is 1.66. The Morgan fingerprint density at radius 3 is 2.18 bits per heavy atom. The summed E-state index contributed by atoms with van der Waals surface area (Å²) in [5.74, 6) is -0.157. The normalized spacial score (nSPS) is 14.5. The maximum Gasteiger partial charge on any atom is 0.419 e. The molecule has 44 heavy (non-hydrogen) atoms. The van der Waals surface area contributed by atoms with Crippen molar-refractivity contribution in [1.29, 1.82) is 0 Å². The van der Waals surface area contributed by atoms with Crippen molar-refractivity contribution >= 4 is 34.6 Å². The minimum Gasteiger partial charge on any atom is -0.493 e. The number of nitrogens with zero attached hydrogens (tertiary/aromatic N) is 7. The number of hydrogen-bond acceptors (Lipinski definition) is 9. The molecule has 1 saturated heterocycles. The number of rotatable bonds is 4. The minimum absolute atomic E-state index is 0.153. The van der Waals surface area contributed by atoms with E-state index in [9.17, 15) is 9.59 Å². The molecule has 4 aromatic heterocycles. The first-order chi connectivity index (χ1) is 20.6. The molecule has 1 fully saturated rings. The number of carbonyl (C=O) groups is 2. The van der Waals surface area contributed by atoms with E-state index in [2.05, 4.69) is 15.1 Å². The smallest absolute Gasteiger partial charge is 0.419 e. The van der Waals surface area contributed by atoms with Gasteiger partial charge in [0.1, 0.15) is 17.5 Å². The number of halogens is 1. The van der Waals surface area contributed by atoms with E-state index in [-0.39, 0.29) is 22.6 Å². The van der Waals surface area contributed by atoms with E-state index in [1.54, 1.807) is 42.4 Å². The van der Waals surface area contributed by atoms with Gasteiger partial charge in [0.05, 0.1) is 24.5 Å². The first kappa shape index (κ1) is 31.0. The van der Waals surface area contributed by atoms with Gasteiger partial charge >= 0.3 is 12.2 Å². The van der Waals surface area contributed by atoms with E-state index in [1.165, 1.54) is 24.2 Å². The molecule has 0 bridgehead atoms. The van der Waals surface area contributed by atoms with Crippen LogP contribution in [0, 0.1) is 5.82 Å². The lowest BCUT2D eigenvalue weighted by Crippen LogP contribution is -2.50. The van der Waals surface area contributed by atoms with Crippen LogP contribution in [0.5, 0.6) is 5.75 Å². The average Bonchev–Trinajstić information content (AvgIpc) is 3.54. The van der Waals surface area contributed by atoms with Crippen LogP contribution in [-0.2, 0) is 9.47 Å². The van der Waals surface area contributed by atoms with Crippen molar-refractivity contribution in [2.45, 2.75) is 72.5 Å². The van der Waals surface area contributed by atoms with Gasteiger partial charge in [-0.1, -0.05) is 13.8 Å².